The van der Waals surface area contributed by atoms with Gasteiger partial charge in [-0.2, -0.15) is 11.8 Å². The number of nitrogens with two attached hydrogens (primary N) is 1. The Morgan fingerprint density at radius 1 is 1.57 bits per heavy atom. The molecule has 3 atom stereocenters. The van der Waals surface area contributed by atoms with E-state index in [1.54, 1.807) is 0 Å². The molecule has 1 heterocycles. The SMILES string of the molecule is CCC(C)C(N)CSCC1CCCO1. The van der Waals surface area contributed by atoms with Crippen molar-refractivity contribution in [3.63, 3.8) is 0 Å². The van der Waals surface area contributed by atoms with Gasteiger partial charge in [0.25, 0.3) is 0 Å². The van der Waals surface area contributed by atoms with Crippen molar-refractivity contribution in [2.75, 3.05) is 18.1 Å². The molecule has 0 aromatic heterocycles. The van der Waals surface area contributed by atoms with E-state index in [4.69, 9.17) is 10.5 Å². The van der Waals surface area contributed by atoms with Crippen LogP contribution < -0.4 is 5.73 Å². The van der Waals surface area contributed by atoms with Gasteiger partial charge in [0.1, 0.15) is 0 Å². The Bertz CT molecular complexity index is 148. The Morgan fingerprint density at radius 3 is 2.93 bits per heavy atom. The van der Waals surface area contributed by atoms with Gasteiger partial charge in [-0.15, -0.1) is 0 Å². The number of rotatable bonds is 6. The highest BCUT2D eigenvalue weighted by atomic mass is 32.2. The molecule has 2 N–H and O–H groups in total. The summed E-state index contributed by atoms with van der Waals surface area (Å²) < 4.78 is 5.56. The van der Waals surface area contributed by atoms with Crippen molar-refractivity contribution in [3.8, 4) is 0 Å². The average molecular weight is 217 g/mol. The van der Waals surface area contributed by atoms with E-state index >= 15 is 0 Å². The Morgan fingerprint density at radius 2 is 2.36 bits per heavy atom. The molecule has 2 nitrogen and oxygen atoms in total. The topological polar surface area (TPSA) is 35.2 Å². The van der Waals surface area contributed by atoms with E-state index in [2.05, 4.69) is 13.8 Å². The summed E-state index contributed by atoms with van der Waals surface area (Å²) in [5, 5.41) is 0. The summed E-state index contributed by atoms with van der Waals surface area (Å²) in [4.78, 5) is 0. The molecule has 0 spiro atoms. The van der Waals surface area contributed by atoms with Crippen LogP contribution in [-0.4, -0.2) is 30.3 Å². The first kappa shape index (κ1) is 12.3. The van der Waals surface area contributed by atoms with Crippen molar-refractivity contribution >= 4 is 11.8 Å². The first-order valence-electron chi connectivity index (χ1n) is 5.69. The van der Waals surface area contributed by atoms with Gasteiger partial charge < -0.3 is 10.5 Å². The normalized spacial score (nSPS) is 26.4. The quantitative estimate of drug-likeness (QED) is 0.741. The zero-order valence-corrected chi connectivity index (χ0v) is 10.2. The molecule has 1 aliphatic heterocycles. The predicted octanol–water partition coefficient (Wildman–Crippen LogP) is 2.27. The summed E-state index contributed by atoms with van der Waals surface area (Å²) in [6, 6.07) is 0.353. The summed E-state index contributed by atoms with van der Waals surface area (Å²) in [5.41, 5.74) is 6.05. The van der Waals surface area contributed by atoms with E-state index in [-0.39, 0.29) is 0 Å². The molecule has 0 bridgehead atoms. The second kappa shape index (κ2) is 6.70. The van der Waals surface area contributed by atoms with Crippen LogP contribution in [0.5, 0.6) is 0 Å². The lowest BCUT2D eigenvalue weighted by Gasteiger charge is -2.18. The third-order valence-electron chi connectivity index (χ3n) is 3.01. The summed E-state index contributed by atoms with van der Waals surface area (Å²) in [6.07, 6.45) is 4.17. The summed E-state index contributed by atoms with van der Waals surface area (Å²) >= 11 is 1.95. The predicted molar refractivity (Wildman–Crippen MR) is 63.7 cm³/mol. The van der Waals surface area contributed by atoms with Gasteiger partial charge in [-0.3, -0.25) is 0 Å². The third kappa shape index (κ3) is 4.20. The van der Waals surface area contributed by atoms with Gasteiger partial charge in [-0.1, -0.05) is 20.3 Å². The number of hydrogen-bond donors (Lipinski definition) is 1. The van der Waals surface area contributed by atoms with Crippen LogP contribution in [0.3, 0.4) is 0 Å². The Kier molecular flexibility index (Phi) is 5.90. The summed E-state index contributed by atoms with van der Waals surface area (Å²) in [5.74, 6) is 2.85. The molecule has 0 aromatic carbocycles. The fraction of sp³-hybridized carbons (Fsp3) is 1.00. The van der Waals surface area contributed by atoms with Crippen LogP contribution in [0, 0.1) is 5.92 Å². The van der Waals surface area contributed by atoms with Crippen LogP contribution >= 0.6 is 11.8 Å². The van der Waals surface area contributed by atoms with E-state index in [0.29, 0.717) is 18.1 Å². The summed E-state index contributed by atoms with van der Waals surface area (Å²) in [6.45, 7) is 5.40. The van der Waals surface area contributed by atoms with E-state index in [0.717, 1.165) is 18.1 Å². The zero-order valence-electron chi connectivity index (χ0n) is 9.37. The fourth-order valence-corrected chi connectivity index (χ4v) is 2.84. The molecule has 84 valence electrons. The van der Waals surface area contributed by atoms with Gasteiger partial charge in [0.15, 0.2) is 0 Å². The molecule has 0 saturated carbocycles. The molecule has 3 unspecified atom stereocenters. The van der Waals surface area contributed by atoms with Crippen LogP contribution in [0.15, 0.2) is 0 Å². The zero-order chi connectivity index (χ0) is 10.4. The minimum absolute atomic E-state index is 0.353. The fourth-order valence-electron chi connectivity index (χ4n) is 1.58. The van der Waals surface area contributed by atoms with Gasteiger partial charge >= 0.3 is 0 Å². The lowest BCUT2D eigenvalue weighted by Crippen LogP contribution is -2.30. The van der Waals surface area contributed by atoms with Crippen molar-refractivity contribution < 1.29 is 4.74 Å². The number of hydrogen-bond acceptors (Lipinski definition) is 3. The highest BCUT2D eigenvalue weighted by molar-refractivity contribution is 7.99. The molecular weight excluding hydrogens is 194 g/mol. The lowest BCUT2D eigenvalue weighted by molar-refractivity contribution is 0.129. The monoisotopic (exact) mass is 217 g/mol. The van der Waals surface area contributed by atoms with E-state index in [1.165, 1.54) is 19.3 Å². The third-order valence-corrected chi connectivity index (χ3v) is 4.24. The molecule has 14 heavy (non-hydrogen) atoms. The number of ether oxygens (including phenoxy) is 1. The molecule has 0 aliphatic carbocycles. The lowest BCUT2D eigenvalue weighted by atomic mass is 10.0. The second-order valence-electron chi connectivity index (χ2n) is 4.22. The minimum Gasteiger partial charge on any atom is -0.377 e. The second-order valence-corrected chi connectivity index (χ2v) is 5.30. The molecule has 3 heteroatoms. The smallest absolute Gasteiger partial charge is 0.0666 e. The molecular formula is C11H23NOS. The Balaban J connectivity index is 2.02. The first-order chi connectivity index (χ1) is 6.74. The highest BCUT2D eigenvalue weighted by Crippen LogP contribution is 2.19. The molecule has 1 aliphatic rings. The summed E-state index contributed by atoms with van der Waals surface area (Å²) in [7, 11) is 0. The van der Waals surface area contributed by atoms with Gasteiger partial charge in [0.2, 0.25) is 0 Å². The van der Waals surface area contributed by atoms with E-state index < -0.39 is 0 Å². The molecule has 1 saturated heterocycles. The largest absolute Gasteiger partial charge is 0.377 e. The van der Waals surface area contributed by atoms with Gasteiger partial charge in [-0.05, 0) is 18.8 Å². The maximum atomic E-state index is 6.05. The highest BCUT2D eigenvalue weighted by Gasteiger charge is 2.16. The van der Waals surface area contributed by atoms with E-state index in [1.807, 2.05) is 11.8 Å². The van der Waals surface area contributed by atoms with Crippen LogP contribution in [-0.2, 0) is 4.74 Å². The average Bonchev–Trinajstić information content (AvgIpc) is 2.69. The van der Waals surface area contributed by atoms with Crippen molar-refractivity contribution in [3.05, 3.63) is 0 Å². The van der Waals surface area contributed by atoms with Crippen molar-refractivity contribution in [1.82, 2.24) is 0 Å². The van der Waals surface area contributed by atoms with Gasteiger partial charge in [-0.25, -0.2) is 0 Å². The Hall–Kier alpha value is 0.270. The molecule has 0 amide bonds. The van der Waals surface area contributed by atoms with E-state index in [9.17, 15) is 0 Å². The molecule has 1 fully saturated rings. The molecule has 1 rings (SSSR count). The van der Waals surface area contributed by atoms with Gasteiger partial charge in [0.05, 0.1) is 6.10 Å². The first-order valence-corrected chi connectivity index (χ1v) is 6.84. The molecule has 0 aromatic rings. The minimum atomic E-state index is 0.353. The Labute approximate surface area is 92.0 Å². The molecule has 0 radical (unpaired) electrons. The maximum absolute atomic E-state index is 6.05. The van der Waals surface area contributed by atoms with Crippen LogP contribution in [0.1, 0.15) is 33.1 Å². The van der Waals surface area contributed by atoms with Crippen molar-refractivity contribution in [2.24, 2.45) is 11.7 Å². The maximum Gasteiger partial charge on any atom is 0.0666 e. The standard InChI is InChI=1S/C11H23NOS/c1-3-9(2)11(12)8-14-7-10-5-4-6-13-10/h9-11H,3-8,12H2,1-2H3. The number of thioether (sulfide) groups is 1. The van der Waals surface area contributed by atoms with Crippen LogP contribution in [0.4, 0.5) is 0 Å². The van der Waals surface area contributed by atoms with Crippen molar-refractivity contribution in [2.45, 2.75) is 45.3 Å². The van der Waals surface area contributed by atoms with Crippen LogP contribution in [0.2, 0.25) is 0 Å². The van der Waals surface area contributed by atoms with Gasteiger partial charge in [0, 0.05) is 24.2 Å². The van der Waals surface area contributed by atoms with Crippen molar-refractivity contribution in [1.29, 1.82) is 0 Å². The van der Waals surface area contributed by atoms with Crippen LogP contribution in [0.25, 0.3) is 0 Å².